The van der Waals surface area contributed by atoms with Crippen LogP contribution in [0.2, 0.25) is 0 Å². The molecule has 1 rings (SSSR count). The van der Waals surface area contributed by atoms with Crippen LogP contribution in [0.25, 0.3) is 0 Å². The molecular formula is C19H37N5O7. The Morgan fingerprint density at radius 3 is 1.00 bits per heavy atom. The average Bonchev–Trinajstić information content (AvgIpc) is 2.70. The van der Waals surface area contributed by atoms with Crippen LogP contribution in [0.5, 0.6) is 0 Å². The van der Waals surface area contributed by atoms with Gasteiger partial charge in [0.2, 0.25) is 5.91 Å². The van der Waals surface area contributed by atoms with Crippen LogP contribution < -0.4 is 5.32 Å². The minimum atomic E-state index is -0.997. The molecule has 180 valence electrons. The van der Waals surface area contributed by atoms with Gasteiger partial charge < -0.3 is 20.6 Å². The lowest BCUT2D eigenvalue weighted by Gasteiger charge is -2.32. The van der Waals surface area contributed by atoms with Crippen molar-refractivity contribution >= 4 is 23.8 Å². The number of nitrogens with zero attached hydrogens (tertiary/aromatic N) is 4. The number of amides is 1. The second-order valence-corrected chi connectivity index (χ2v) is 6.96. The fraction of sp³-hybridized carbons (Fsp3) is 0.789. The SMILES string of the molecule is CC.CNC(=O)CN1CCN(CC(=O)O)CCN(CC(=O)O)CCN(CC(=O)O)CC1. The number of carboxylic acids is 3. The summed E-state index contributed by atoms with van der Waals surface area (Å²) in [6.07, 6.45) is 0. The molecule has 1 heterocycles. The molecule has 0 radical (unpaired) electrons. The zero-order chi connectivity index (χ0) is 23.8. The number of hydrogen-bond donors (Lipinski definition) is 4. The Bertz CT molecular complexity index is 544. The second kappa shape index (κ2) is 16.4. The predicted molar refractivity (Wildman–Crippen MR) is 114 cm³/mol. The van der Waals surface area contributed by atoms with Gasteiger partial charge >= 0.3 is 17.9 Å². The van der Waals surface area contributed by atoms with Gasteiger partial charge in [-0.05, 0) is 0 Å². The summed E-state index contributed by atoms with van der Waals surface area (Å²) in [6, 6.07) is 0. The van der Waals surface area contributed by atoms with Crippen molar-refractivity contribution in [3.05, 3.63) is 0 Å². The highest BCUT2D eigenvalue weighted by Gasteiger charge is 2.20. The standard InChI is InChI=1S/C17H31N5O7.C2H6/c1-18-14(23)10-19-2-4-20(11-15(24)25)6-8-22(13-17(28)29)9-7-21(5-3-19)12-16(26)27;1-2/h2-13H2,1H3,(H,18,23)(H,24,25)(H,26,27)(H,28,29);1-2H3. The van der Waals surface area contributed by atoms with Crippen molar-refractivity contribution < 1.29 is 34.5 Å². The van der Waals surface area contributed by atoms with Crippen molar-refractivity contribution in [1.29, 1.82) is 0 Å². The summed E-state index contributed by atoms with van der Waals surface area (Å²) in [5, 5.41) is 30.0. The van der Waals surface area contributed by atoms with Gasteiger partial charge in [0.1, 0.15) is 0 Å². The van der Waals surface area contributed by atoms with Crippen LogP contribution in [0, 0.1) is 0 Å². The number of rotatable bonds is 8. The molecule has 0 bridgehead atoms. The summed E-state index contributed by atoms with van der Waals surface area (Å²) >= 11 is 0. The van der Waals surface area contributed by atoms with Crippen LogP contribution in [0.3, 0.4) is 0 Å². The van der Waals surface area contributed by atoms with Crippen LogP contribution in [0.15, 0.2) is 0 Å². The molecule has 1 saturated heterocycles. The first-order chi connectivity index (χ1) is 14.7. The largest absolute Gasteiger partial charge is 0.480 e. The van der Waals surface area contributed by atoms with E-state index in [4.69, 9.17) is 15.3 Å². The minimum absolute atomic E-state index is 0.128. The van der Waals surface area contributed by atoms with Gasteiger partial charge in [-0.3, -0.25) is 38.8 Å². The molecule has 4 N–H and O–H groups in total. The molecule has 0 aromatic heterocycles. The third-order valence-electron chi connectivity index (χ3n) is 4.65. The highest BCUT2D eigenvalue weighted by atomic mass is 16.4. The third-order valence-corrected chi connectivity index (χ3v) is 4.65. The highest BCUT2D eigenvalue weighted by molar-refractivity contribution is 5.77. The highest BCUT2D eigenvalue weighted by Crippen LogP contribution is 2.01. The lowest BCUT2D eigenvalue weighted by molar-refractivity contribution is -0.140. The fourth-order valence-corrected chi connectivity index (χ4v) is 3.07. The van der Waals surface area contributed by atoms with Gasteiger partial charge in [-0.25, -0.2) is 0 Å². The number of carbonyl (C=O) groups excluding carboxylic acids is 1. The van der Waals surface area contributed by atoms with Gasteiger partial charge in [0.15, 0.2) is 0 Å². The average molecular weight is 448 g/mol. The zero-order valence-electron chi connectivity index (χ0n) is 18.7. The Morgan fingerprint density at radius 2 is 0.806 bits per heavy atom. The first-order valence-corrected chi connectivity index (χ1v) is 10.4. The lowest BCUT2D eigenvalue weighted by Crippen LogP contribution is -2.49. The van der Waals surface area contributed by atoms with Crippen LogP contribution in [0.1, 0.15) is 13.8 Å². The molecule has 0 aromatic carbocycles. The summed E-state index contributed by atoms with van der Waals surface area (Å²) in [4.78, 5) is 52.2. The predicted octanol–water partition coefficient (Wildman–Crippen LogP) is -1.77. The van der Waals surface area contributed by atoms with Crippen molar-refractivity contribution in [2.75, 3.05) is 85.6 Å². The number of carbonyl (C=O) groups is 4. The van der Waals surface area contributed by atoms with E-state index >= 15 is 0 Å². The van der Waals surface area contributed by atoms with E-state index in [0.29, 0.717) is 52.4 Å². The number of carboxylic acid groups (broad SMARTS) is 3. The maximum Gasteiger partial charge on any atom is 0.317 e. The van der Waals surface area contributed by atoms with E-state index in [-0.39, 0.29) is 32.1 Å². The van der Waals surface area contributed by atoms with Gasteiger partial charge in [0.25, 0.3) is 0 Å². The van der Waals surface area contributed by atoms with Gasteiger partial charge in [-0.1, -0.05) is 13.8 Å². The van der Waals surface area contributed by atoms with E-state index in [1.165, 1.54) is 7.05 Å². The van der Waals surface area contributed by atoms with E-state index in [1.807, 2.05) is 18.7 Å². The Hall–Kier alpha value is -2.28. The molecule has 0 unspecified atom stereocenters. The van der Waals surface area contributed by atoms with Crippen molar-refractivity contribution in [1.82, 2.24) is 24.9 Å². The van der Waals surface area contributed by atoms with Gasteiger partial charge in [0, 0.05) is 59.4 Å². The molecular weight excluding hydrogens is 410 g/mol. The summed E-state index contributed by atoms with van der Waals surface area (Å²) in [7, 11) is 1.53. The van der Waals surface area contributed by atoms with Crippen LogP contribution >= 0.6 is 0 Å². The number of hydrogen-bond acceptors (Lipinski definition) is 8. The molecule has 1 amide bonds. The monoisotopic (exact) mass is 447 g/mol. The van der Waals surface area contributed by atoms with Crippen LogP contribution in [0.4, 0.5) is 0 Å². The molecule has 1 aliphatic rings. The summed E-state index contributed by atoms with van der Waals surface area (Å²) in [5.41, 5.74) is 0. The number of nitrogens with one attached hydrogen (secondary N) is 1. The van der Waals surface area contributed by atoms with Crippen LogP contribution in [-0.2, 0) is 19.2 Å². The molecule has 0 saturated carbocycles. The molecule has 12 nitrogen and oxygen atoms in total. The summed E-state index contributed by atoms with van der Waals surface area (Å²) in [5.74, 6) is -3.14. The first-order valence-electron chi connectivity index (χ1n) is 10.4. The quantitative estimate of drug-likeness (QED) is 0.334. The molecule has 0 aliphatic carbocycles. The number of aliphatic carboxylic acids is 3. The molecule has 0 atom stereocenters. The van der Waals surface area contributed by atoms with E-state index in [0.717, 1.165) is 0 Å². The summed E-state index contributed by atoms with van der Waals surface area (Å²) < 4.78 is 0. The maximum absolute atomic E-state index is 11.8. The van der Waals surface area contributed by atoms with Crippen molar-refractivity contribution in [3.63, 3.8) is 0 Å². The molecule has 1 aliphatic heterocycles. The first kappa shape index (κ1) is 28.7. The minimum Gasteiger partial charge on any atom is -0.480 e. The fourth-order valence-electron chi connectivity index (χ4n) is 3.07. The molecule has 0 spiro atoms. The maximum atomic E-state index is 11.8. The Kier molecular flexibility index (Phi) is 15.2. The van der Waals surface area contributed by atoms with E-state index < -0.39 is 17.9 Å². The molecule has 31 heavy (non-hydrogen) atoms. The zero-order valence-corrected chi connectivity index (χ0v) is 18.7. The lowest BCUT2D eigenvalue weighted by atomic mass is 10.3. The molecule has 0 aromatic rings. The van der Waals surface area contributed by atoms with Crippen molar-refractivity contribution in [2.45, 2.75) is 13.8 Å². The number of likely N-dealkylation sites (N-methyl/N-ethyl adjacent to an activating group) is 1. The van der Waals surface area contributed by atoms with Crippen LogP contribution in [-0.4, -0.2) is 144 Å². The van der Waals surface area contributed by atoms with E-state index in [2.05, 4.69) is 5.32 Å². The van der Waals surface area contributed by atoms with Gasteiger partial charge in [-0.2, -0.15) is 0 Å². The smallest absolute Gasteiger partial charge is 0.317 e. The Morgan fingerprint density at radius 1 is 0.581 bits per heavy atom. The summed E-state index contributed by atoms with van der Waals surface area (Å²) in [6.45, 7) is 6.60. The molecule has 12 heteroatoms. The van der Waals surface area contributed by atoms with E-state index in [9.17, 15) is 19.2 Å². The Balaban J connectivity index is 0.00000436. The topological polar surface area (TPSA) is 154 Å². The van der Waals surface area contributed by atoms with E-state index in [1.54, 1.807) is 14.7 Å². The normalized spacial score (nSPS) is 18.0. The van der Waals surface area contributed by atoms with Gasteiger partial charge in [0.05, 0.1) is 26.2 Å². The Labute approximate surface area is 183 Å². The molecule has 1 fully saturated rings. The van der Waals surface area contributed by atoms with Crippen molar-refractivity contribution in [2.24, 2.45) is 0 Å². The van der Waals surface area contributed by atoms with Gasteiger partial charge in [-0.15, -0.1) is 0 Å². The van der Waals surface area contributed by atoms with Crippen molar-refractivity contribution in [3.8, 4) is 0 Å². The third kappa shape index (κ3) is 14.4. The second-order valence-electron chi connectivity index (χ2n) is 6.96.